The van der Waals surface area contributed by atoms with Crippen molar-refractivity contribution < 1.29 is 14.8 Å². The fourth-order valence-electron chi connectivity index (χ4n) is 3.22. The van der Waals surface area contributed by atoms with Gasteiger partial charge < -0.3 is 9.61 Å². The smallest absolute Gasteiger partial charge is 0.318 e. The summed E-state index contributed by atoms with van der Waals surface area (Å²) < 4.78 is 2.69. The second-order valence-corrected chi connectivity index (χ2v) is 6.67. The molecule has 0 unspecified atom stereocenters. The second kappa shape index (κ2) is 7.89. The molecule has 0 spiro atoms. The zero-order chi connectivity index (χ0) is 21.1. The van der Waals surface area contributed by atoms with Gasteiger partial charge in [-0.1, -0.05) is 18.2 Å². The largest absolute Gasteiger partial charge is 0.429 e. The number of rotatable bonds is 4. The molecule has 0 radical (unpaired) electrons. The molecular formula is C23H16N4O3. The Morgan fingerprint density at radius 3 is 2.43 bits per heavy atom. The Morgan fingerprint density at radius 1 is 1.00 bits per heavy atom. The van der Waals surface area contributed by atoms with Gasteiger partial charge in [0.15, 0.2) is 0 Å². The molecule has 0 atom stereocenters. The van der Waals surface area contributed by atoms with Gasteiger partial charge in [0.2, 0.25) is 0 Å². The number of ketones is 1. The Kier molecular flexibility index (Phi) is 4.97. The molecule has 1 amide bonds. The summed E-state index contributed by atoms with van der Waals surface area (Å²) in [4.78, 5) is 29.1. The van der Waals surface area contributed by atoms with Crippen LogP contribution in [0.4, 0.5) is 0 Å². The van der Waals surface area contributed by atoms with E-state index in [1.165, 1.54) is 24.5 Å². The van der Waals surface area contributed by atoms with Crippen LogP contribution in [0.1, 0.15) is 27.2 Å². The van der Waals surface area contributed by atoms with E-state index in [4.69, 9.17) is 5.26 Å². The third-order valence-corrected chi connectivity index (χ3v) is 4.69. The molecule has 0 aliphatic carbocycles. The van der Waals surface area contributed by atoms with Gasteiger partial charge in [0.05, 0.1) is 28.1 Å². The molecular weight excluding hydrogens is 380 g/mol. The highest BCUT2D eigenvalue weighted by atomic mass is 16.5. The van der Waals surface area contributed by atoms with Gasteiger partial charge in [0.25, 0.3) is 5.78 Å². The fraction of sp³-hybridized carbons (Fsp3) is 0.0435. The monoisotopic (exact) mass is 396 g/mol. The number of Topliss-reactive ketones (excluding diaryl/α,β-unsaturated/α-hetero) is 1. The molecule has 4 rings (SSSR count). The first-order chi connectivity index (χ1) is 14.5. The predicted molar refractivity (Wildman–Crippen MR) is 108 cm³/mol. The summed E-state index contributed by atoms with van der Waals surface area (Å²) in [5.41, 5.74) is 3.30. The number of hydrogen-bond donors (Lipinski definition) is 1. The van der Waals surface area contributed by atoms with Crippen molar-refractivity contribution in [3.8, 4) is 6.07 Å². The number of aromatic nitrogens is 2. The van der Waals surface area contributed by atoms with Gasteiger partial charge >= 0.3 is 5.91 Å². The first-order valence-corrected chi connectivity index (χ1v) is 9.14. The topological polar surface area (TPSA) is 99.9 Å². The number of carbonyl (C=O) groups is 2. The van der Waals surface area contributed by atoms with Crippen LogP contribution in [0.5, 0.6) is 0 Å². The van der Waals surface area contributed by atoms with Crippen LogP contribution < -0.4 is 5.36 Å². The molecule has 0 fully saturated rings. The Balaban J connectivity index is 1.70. The molecule has 30 heavy (non-hydrogen) atoms. The summed E-state index contributed by atoms with van der Waals surface area (Å²) in [6.07, 6.45) is 5.01. The van der Waals surface area contributed by atoms with Crippen molar-refractivity contribution in [2.75, 3.05) is 0 Å². The zero-order valence-electron chi connectivity index (χ0n) is 15.8. The minimum Gasteiger partial charge on any atom is -0.429 e. The molecule has 3 aromatic heterocycles. The van der Waals surface area contributed by atoms with E-state index in [1.807, 2.05) is 28.8 Å². The molecule has 3 heterocycles. The van der Waals surface area contributed by atoms with Crippen molar-refractivity contribution in [1.29, 1.82) is 5.26 Å². The van der Waals surface area contributed by atoms with Crippen LogP contribution in [-0.2, 0) is 11.2 Å². The molecule has 0 saturated heterocycles. The van der Waals surface area contributed by atoms with Gasteiger partial charge in [-0.25, -0.2) is 9.72 Å². The van der Waals surface area contributed by atoms with Crippen LogP contribution in [0.25, 0.3) is 5.52 Å². The van der Waals surface area contributed by atoms with E-state index in [2.05, 4.69) is 11.1 Å². The summed E-state index contributed by atoms with van der Waals surface area (Å²) in [5, 5.41) is 18.5. The molecule has 0 bridgehead atoms. The van der Waals surface area contributed by atoms with Gasteiger partial charge in [-0.2, -0.15) is 5.26 Å². The summed E-state index contributed by atoms with van der Waals surface area (Å²) in [6.45, 7) is 0. The third-order valence-electron chi connectivity index (χ3n) is 4.69. The number of hydrogen-bond acceptors (Lipinski definition) is 4. The normalized spacial score (nSPS) is 10.5. The van der Waals surface area contributed by atoms with Gasteiger partial charge in [-0.15, -0.1) is 0 Å². The van der Waals surface area contributed by atoms with Crippen molar-refractivity contribution in [3.05, 3.63) is 107 Å². The lowest BCUT2D eigenvalue weighted by molar-refractivity contribution is -0.114. The van der Waals surface area contributed by atoms with E-state index in [0.717, 1.165) is 16.0 Å². The highest BCUT2D eigenvalue weighted by Crippen LogP contribution is 2.21. The molecule has 7 heteroatoms. The summed E-state index contributed by atoms with van der Waals surface area (Å²) >= 11 is 0. The van der Waals surface area contributed by atoms with Crippen molar-refractivity contribution in [2.24, 2.45) is 4.99 Å². The molecule has 7 nitrogen and oxygen atoms in total. The molecule has 1 N–H and O–H groups in total. The molecule has 4 aromatic rings. The maximum absolute atomic E-state index is 12.8. The van der Waals surface area contributed by atoms with Crippen molar-refractivity contribution >= 4 is 17.2 Å². The lowest BCUT2D eigenvalue weighted by atomic mass is 10.1. The van der Waals surface area contributed by atoms with Gasteiger partial charge in [0, 0.05) is 30.7 Å². The Labute approximate surface area is 171 Å². The standard InChI is InChI=1S/C23H16N4O3/c24-15-17-6-4-16(5-7-17)13-19-14-20(21-3-1-2-10-27(19)21)22(28)23(29)25-18-8-11-26(30)12-9-18/h1-12,14,30H,13H2. The first-order valence-electron chi connectivity index (χ1n) is 9.14. The van der Waals surface area contributed by atoms with Crippen LogP contribution >= 0.6 is 0 Å². The lowest BCUT2D eigenvalue weighted by Crippen LogP contribution is -2.16. The van der Waals surface area contributed by atoms with Gasteiger partial charge in [-0.3, -0.25) is 9.59 Å². The number of amides is 1. The number of fused-ring (bicyclic) bond motifs is 1. The van der Waals surface area contributed by atoms with Crippen molar-refractivity contribution in [2.45, 2.75) is 6.42 Å². The van der Waals surface area contributed by atoms with E-state index in [-0.39, 0.29) is 10.9 Å². The Morgan fingerprint density at radius 2 is 1.73 bits per heavy atom. The maximum atomic E-state index is 12.8. The number of carbonyl (C=O) groups excluding carboxylic acids is 2. The van der Waals surface area contributed by atoms with E-state index < -0.39 is 11.7 Å². The summed E-state index contributed by atoms with van der Waals surface area (Å²) in [6, 6.07) is 19.3. The van der Waals surface area contributed by atoms with Crippen LogP contribution in [-0.4, -0.2) is 26.0 Å². The third kappa shape index (κ3) is 3.75. The average Bonchev–Trinajstić information content (AvgIpc) is 3.14. The van der Waals surface area contributed by atoms with Crippen molar-refractivity contribution in [3.63, 3.8) is 0 Å². The fourth-order valence-corrected chi connectivity index (χ4v) is 3.22. The lowest BCUT2D eigenvalue weighted by Gasteiger charge is -2.03. The van der Waals surface area contributed by atoms with E-state index in [1.54, 1.807) is 30.3 Å². The predicted octanol–water partition coefficient (Wildman–Crippen LogP) is 2.75. The number of pyridine rings is 2. The summed E-state index contributed by atoms with van der Waals surface area (Å²) in [5.74, 6) is -1.59. The highest BCUT2D eigenvalue weighted by Gasteiger charge is 2.21. The van der Waals surface area contributed by atoms with E-state index in [0.29, 0.717) is 17.5 Å². The van der Waals surface area contributed by atoms with Crippen LogP contribution in [0.2, 0.25) is 0 Å². The molecule has 146 valence electrons. The van der Waals surface area contributed by atoms with Gasteiger partial charge in [0.1, 0.15) is 0 Å². The maximum Gasteiger partial charge on any atom is 0.318 e. The second-order valence-electron chi connectivity index (χ2n) is 6.67. The number of nitrogens with zero attached hydrogens (tertiary/aromatic N) is 4. The summed E-state index contributed by atoms with van der Waals surface area (Å²) in [7, 11) is 0. The SMILES string of the molecule is N#Cc1ccc(Cc2cc(C(=O)C(=O)N=c3ccn(O)cc3)c3ccccn23)cc1. The molecule has 0 aliphatic heterocycles. The van der Waals surface area contributed by atoms with Crippen LogP contribution in [0.3, 0.4) is 0 Å². The minimum atomic E-state index is -0.882. The minimum absolute atomic E-state index is 0.278. The van der Waals surface area contributed by atoms with E-state index in [9.17, 15) is 14.8 Å². The first kappa shape index (κ1) is 18.9. The molecule has 1 aromatic carbocycles. The Hall–Kier alpha value is -4.44. The highest BCUT2D eigenvalue weighted by molar-refractivity contribution is 6.44. The average molecular weight is 396 g/mol. The molecule has 0 saturated carbocycles. The number of benzene rings is 1. The van der Waals surface area contributed by atoms with Gasteiger partial charge in [-0.05, 0) is 48.0 Å². The van der Waals surface area contributed by atoms with Crippen LogP contribution in [0, 0.1) is 11.3 Å². The van der Waals surface area contributed by atoms with Crippen molar-refractivity contribution in [1.82, 2.24) is 9.13 Å². The number of nitriles is 1. The Bertz CT molecular complexity index is 1350. The van der Waals surface area contributed by atoms with E-state index >= 15 is 0 Å². The quantitative estimate of drug-likeness (QED) is 0.326. The zero-order valence-corrected chi connectivity index (χ0v) is 15.8. The molecule has 0 aliphatic rings. The van der Waals surface area contributed by atoms with Crippen LogP contribution in [0.15, 0.2) is 84.2 Å².